The summed E-state index contributed by atoms with van der Waals surface area (Å²) >= 11 is 0. The van der Waals surface area contributed by atoms with E-state index in [1.807, 2.05) is 0 Å². The molecule has 2 atom stereocenters. The Morgan fingerprint density at radius 2 is 1.86 bits per heavy atom. The highest BCUT2D eigenvalue weighted by molar-refractivity contribution is 5.91. The Balaban J connectivity index is 1.54. The van der Waals surface area contributed by atoms with Gasteiger partial charge in [0.05, 0.1) is 0 Å². The van der Waals surface area contributed by atoms with E-state index < -0.39 is 0 Å². The van der Waals surface area contributed by atoms with Crippen molar-refractivity contribution in [3.8, 4) is 0 Å². The van der Waals surface area contributed by atoms with E-state index in [9.17, 15) is 9.18 Å². The minimum absolute atomic E-state index is 0.0618. The van der Waals surface area contributed by atoms with E-state index in [2.05, 4.69) is 17.3 Å². The second kappa shape index (κ2) is 5.98. The molecule has 2 aliphatic rings. The molecule has 2 saturated heterocycles. The lowest BCUT2D eigenvalue weighted by Gasteiger charge is -2.36. The van der Waals surface area contributed by atoms with Gasteiger partial charge in [0, 0.05) is 24.2 Å². The molecule has 2 heterocycles. The summed E-state index contributed by atoms with van der Waals surface area (Å²) in [5, 5.41) is 3.10. The molecule has 21 heavy (non-hydrogen) atoms. The zero-order valence-electron chi connectivity index (χ0n) is 12.3. The van der Waals surface area contributed by atoms with Crippen LogP contribution in [0.2, 0.25) is 0 Å². The zero-order chi connectivity index (χ0) is 14.8. The minimum Gasteiger partial charge on any atom is -0.350 e. The molecule has 2 fully saturated rings. The topological polar surface area (TPSA) is 32.3 Å². The molecule has 1 amide bonds. The number of nitrogens with one attached hydrogen (secondary N) is 1. The molecule has 0 spiro atoms. The number of halogens is 1. The molecule has 3 rings (SSSR count). The van der Waals surface area contributed by atoms with Crippen molar-refractivity contribution in [2.24, 2.45) is 0 Å². The summed E-state index contributed by atoms with van der Waals surface area (Å²) in [5.41, 5.74) is 0.829. The first-order chi connectivity index (χ1) is 10.1. The Hall–Kier alpha value is -1.68. The molecule has 0 aromatic heterocycles. The van der Waals surface area contributed by atoms with Crippen LogP contribution in [-0.4, -0.2) is 36.0 Å². The van der Waals surface area contributed by atoms with Crippen LogP contribution in [0.4, 0.5) is 4.39 Å². The average molecular weight is 288 g/mol. The Morgan fingerprint density at radius 1 is 1.24 bits per heavy atom. The number of hydrogen-bond donors (Lipinski definition) is 1. The van der Waals surface area contributed by atoms with Gasteiger partial charge in [0.25, 0.3) is 0 Å². The highest BCUT2D eigenvalue weighted by atomic mass is 19.1. The summed E-state index contributed by atoms with van der Waals surface area (Å²) in [6.45, 7) is 0. The monoisotopic (exact) mass is 288 g/mol. The molecule has 2 bridgehead atoms. The summed E-state index contributed by atoms with van der Waals surface area (Å²) < 4.78 is 12.8. The Bertz CT molecular complexity index is 526. The third-order valence-electron chi connectivity index (χ3n) is 4.74. The van der Waals surface area contributed by atoms with Gasteiger partial charge >= 0.3 is 0 Å². The van der Waals surface area contributed by atoms with Gasteiger partial charge in [0.15, 0.2) is 0 Å². The number of carbonyl (C=O) groups is 1. The number of benzene rings is 1. The minimum atomic E-state index is -0.265. The number of piperidine rings is 1. The Labute approximate surface area is 124 Å². The lowest BCUT2D eigenvalue weighted by atomic mass is 9.98. The third-order valence-corrected chi connectivity index (χ3v) is 4.74. The van der Waals surface area contributed by atoms with E-state index in [1.165, 1.54) is 31.1 Å². The molecule has 1 aromatic carbocycles. The smallest absolute Gasteiger partial charge is 0.244 e. The van der Waals surface area contributed by atoms with Crippen molar-refractivity contribution in [2.75, 3.05) is 7.05 Å². The quantitative estimate of drug-likeness (QED) is 0.867. The van der Waals surface area contributed by atoms with Crippen LogP contribution in [0, 0.1) is 5.82 Å². The first-order valence-electron chi connectivity index (χ1n) is 7.58. The Kier molecular flexibility index (Phi) is 4.06. The summed E-state index contributed by atoms with van der Waals surface area (Å²) in [6, 6.07) is 7.64. The molecule has 0 radical (unpaired) electrons. The first-order valence-corrected chi connectivity index (χ1v) is 7.58. The van der Waals surface area contributed by atoms with E-state index in [1.54, 1.807) is 18.2 Å². The van der Waals surface area contributed by atoms with Crippen molar-refractivity contribution in [3.05, 3.63) is 41.7 Å². The van der Waals surface area contributed by atoms with Gasteiger partial charge in [-0.3, -0.25) is 4.79 Å². The molecule has 2 aliphatic heterocycles. The maximum Gasteiger partial charge on any atom is 0.244 e. The van der Waals surface area contributed by atoms with Crippen LogP contribution in [0.15, 0.2) is 30.3 Å². The van der Waals surface area contributed by atoms with Crippen molar-refractivity contribution in [3.63, 3.8) is 0 Å². The fourth-order valence-corrected chi connectivity index (χ4v) is 3.52. The van der Waals surface area contributed by atoms with E-state index in [0.717, 1.165) is 18.4 Å². The molecule has 1 N–H and O–H groups in total. The number of carbonyl (C=O) groups excluding carboxylic acids is 1. The van der Waals surface area contributed by atoms with E-state index in [-0.39, 0.29) is 17.8 Å². The van der Waals surface area contributed by atoms with Crippen molar-refractivity contribution in [1.29, 1.82) is 0 Å². The number of rotatable bonds is 3. The Morgan fingerprint density at radius 3 is 2.48 bits per heavy atom. The third kappa shape index (κ3) is 3.32. The maximum absolute atomic E-state index is 12.8. The van der Waals surface area contributed by atoms with Gasteiger partial charge in [0.2, 0.25) is 5.91 Å². The number of hydrogen-bond acceptors (Lipinski definition) is 2. The fourth-order valence-electron chi connectivity index (χ4n) is 3.52. The second-order valence-electron chi connectivity index (χ2n) is 6.11. The van der Waals surface area contributed by atoms with Crippen LogP contribution in [-0.2, 0) is 4.79 Å². The fraction of sp³-hybridized carbons (Fsp3) is 0.471. The van der Waals surface area contributed by atoms with Crippen LogP contribution < -0.4 is 5.32 Å². The van der Waals surface area contributed by atoms with Gasteiger partial charge in [0.1, 0.15) is 5.82 Å². The molecule has 3 nitrogen and oxygen atoms in total. The number of amides is 1. The molecular formula is C17H21FN2O. The number of fused-ring (bicyclic) bond motifs is 2. The van der Waals surface area contributed by atoms with Crippen molar-refractivity contribution < 1.29 is 9.18 Å². The average Bonchev–Trinajstić information content (AvgIpc) is 2.69. The molecule has 0 aliphatic carbocycles. The van der Waals surface area contributed by atoms with E-state index >= 15 is 0 Å². The SMILES string of the molecule is CN1C2CCC1CC(NC(=O)C=Cc1ccc(F)cc1)C2. The summed E-state index contributed by atoms with van der Waals surface area (Å²) in [6.07, 6.45) is 7.84. The van der Waals surface area contributed by atoms with Gasteiger partial charge in [-0.25, -0.2) is 4.39 Å². The maximum atomic E-state index is 12.8. The molecule has 112 valence electrons. The van der Waals surface area contributed by atoms with Crippen LogP contribution in [0.5, 0.6) is 0 Å². The van der Waals surface area contributed by atoms with Gasteiger partial charge < -0.3 is 10.2 Å². The zero-order valence-corrected chi connectivity index (χ0v) is 12.3. The van der Waals surface area contributed by atoms with Gasteiger partial charge in [-0.15, -0.1) is 0 Å². The molecule has 1 aromatic rings. The highest BCUT2D eigenvalue weighted by Gasteiger charge is 2.38. The summed E-state index contributed by atoms with van der Waals surface area (Å²) in [7, 11) is 2.19. The van der Waals surface area contributed by atoms with Crippen LogP contribution >= 0.6 is 0 Å². The second-order valence-corrected chi connectivity index (χ2v) is 6.11. The standard InChI is InChI=1S/C17H21FN2O/c1-20-15-7-8-16(20)11-14(10-15)19-17(21)9-4-12-2-5-13(18)6-3-12/h2-6,9,14-16H,7-8,10-11H2,1H3,(H,19,21). The largest absolute Gasteiger partial charge is 0.350 e. The normalized spacial score (nSPS) is 29.0. The van der Waals surface area contributed by atoms with Crippen LogP contribution in [0.25, 0.3) is 6.08 Å². The predicted molar refractivity (Wildman–Crippen MR) is 81.2 cm³/mol. The molecule has 2 unspecified atom stereocenters. The van der Waals surface area contributed by atoms with E-state index in [4.69, 9.17) is 0 Å². The lowest BCUT2D eigenvalue weighted by Crippen LogP contribution is -2.48. The van der Waals surface area contributed by atoms with Gasteiger partial charge in [-0.1, -0.05) is 12.1 Å². The lowest BCUT2D eigenvalue weighted by molar-refractivity contribution is -0.117. The van der Waals surface area contributed by atoms with Crippen molar-refractivity contribution in [2.45, 2.75) is 43.8 Å². The van der Waals surface area contributed by atoms with Crippen LogP contribution in [0.3, 0.4) is 0 Å². The van der Waals surface area contributed by atoms with E-state index in [0.29, 0.717) is 12.1 Å². The predicted octanol–water partition coefficient (Wildman–Crippen LogP) is 2.58. The van der Waals surface area contributed by atoms with Crippen LogP contribution in [0.1, 0.15) is 31.2 Å². The first kappa shape index (κ1) is 14.3. The molecular weight excluding hydrogens is 267 g/mol. The van der Waals surface area contributed by atoms with Crippen molar-refractivity contribution >= 4 is 12.0 Å². The van der Waals surface area contributed by atoms with Gasteiger partial charge in [-0.05, 0) is 56.5 Å². The van der Waals surface area contributed by atoms with Gasteiger partial charge in [-0.2, -0.15) is 0 Å². The summed E-state index contributed by atoms with van der Waals surface area (Å²) in [5.74, 6) is -0.327. The highest BCUT2D eigenvalue weighted by Crippen LogP contribution is 2.34. The van der Waals surface area contributed by atoms with Crippen molar-refractivity contribution in [1.82, 2.24) is 10.2 Å². The number of nitrogens with zero attached hydrogens (tertiary/aromatic N) is 1. The summed E-state index contributed by atoms with van der Waals surface area (Å²) in [4.78, 5) is 14.4. The molecule has 4 heteroatoms. The molecule has 0 saturated carbocycles.